The number of hydrogen-bond donors (Lipinski definition) is 1. The molecule has 2 aromatic rings. The predicted molar refractivity (Wildman–Crippen MR) is 108 cm³/mol. The highest BCUT2D eigenvalue weighted by Crippen LogP contribution is 2.29. The number of ether oxygens (including phenoxy) is 2. The van der Waals surface area contributed by atoms with Crippen LogP contribution < -0.4 is 10.1 Å². The SMILES string of the molecule is COc1ccc(/C=C(\C#N)C(=O)OCC(=O)N[C@@H]2CCCc3ccccc32)cc1. The maximum absolute atomic E-state index is 12.3. The first-order valence-electron chi connectivity index (χ1n) is 9.41. The first-order chi connectivity index (χ1) is 14.1. The molecule has 1 atom stereocenters. The smallest absolute Gasteiger partial charge is 0.349 e. The summed E-state index contributed by atoms with van der Waals surface area (Å²) in [6.45, 7) is -0.431. The van der Waals surface area contributed by atoms with E-state index in [0.717, 1.165) is 24.8 Å². The summed E-state index contributed by atoms with van der Waals surface area (Å²) in [4.78, 5) is 24.4. The molecule has 1 N–H and O–H groups in total. The Balaban J connectivity index is 1.57. The third kappa shape index (κ3) is 5.23. The van der Waals surface area contributed by atoms with Crippen molar-refractivity contribution in [1.82, 2.24) is 5.32 Å². The summed E-state index contributed by atoms with van der Waals surface area (Å²) in [7, 11) is 1.56. The van der Waals surface area contributed by atoms with Crippen molar-refractivity contribution < 1.29 is 19.1 Å². The van der Waals surface area contributed by atoms with E-state index in [1.54, 1.807) is 31.4 Å². The molecular formula is C23H22N2O4. The van der Waals surface area contributed by atoms with Gasteiger partial charge in [0.1, 0.15) is 17.4 Å². The number of carbonyl (C=O) groups is 2. The van der Waals surface area contributed by atoms with E-state index in [1.165, 1.54) is 11.6 Å². The minimum Gasteiger partial charge on any atom is -0.497 e. The number of fused-ring (bicyclic) bond motifs is 1. The number of hydrogen-bond acceptors (Lipinski definition) is 5. The zero-order chi connectivity index (χ0) is 20.6. The second-order valence-corrected chi connectivity index (χ2v) is 6.73. The van der Waals surface area contributed by atoms with E-state index in [0.29, 0.717) is 11.3 Å². The fourth-order valence-corrected chi connectivity index (χ4v) is 3.35. The van der Waals surface area contributed by atoms with Crippen LogP contribution in [0, 0.1) is 11.3 Å². The third-order valence-electron chi connectivity index (χ3n) is 4.81. The molecule has 0 saturated heterocycles. The van der Waals surface area contributed by atoms with Crippen LogP contribution in [0.4, 0.5) is 0 Å². The van der Waals surface area contributed by atoms with Crippen LogP contribution in [0.1, 0.15) is 35.6 Å². The Morgan fingerprint density at radius 2 is 1.97 bits per heavy atom. The van der Waals surface area contributed by atoms with Crippen molar-refractivity contribution in [3.05, 3.63) is 70.8 Å². The van der Waals surface area contributed by atoms with E-state index < -0.39 is 12.6 Å². The van der Waals surface area contributed by atoms with Crippen LogP contribution in [0.5, 0.6) is 5.75 Å². The van der Waals surface area contributed by atoms with E-state index in [-0.39, 0.29) is 17.5 Å². The first-order valence-corrected chi connectivity index (χ1v) is 9.41. The van der Waals surface area contributed by atoms with Crippen molar-refractivity contribution >= 4 is 18.0 Å². The molecule has 6 nitrogen and oxygen atoms in total. The van der Waals surface area contributed by atoms with Crippen molar-refractivity contribution in [3.8, 4) is 11.8 Å². The van der Waals surface area contributed by atoms with Gasteiger partial charge in [-0.15, -0.1) is 0 Å². The van der Waals surface area contributed by atoms with Gasteiger partial charge in [0.05, 0.1) is 13.2 Å². The monoisotopic (exact) mass is 390 g/mol. The van der Waals surface area contributed by atoms with Crippen LogP contribution in [0.15, 0.2) is 54.1 Å². The maximum Gasteiger partial charge on any atom is 0.349 e. The summed E-state index contributed by atoms with van der Waals surface area (Å²) in [5.74, 6) is -0.548. The topological polar surface area (TPSA) is 88.4 Å². The molecule has 1 aliphatic rings. The Labute approximate surface area is 169 Å². The number of nitrogens with zero attached hydrogens (tertiary/aromatic N) is 1. The molecule has 0 spiro atoms. The summed E-state index contributed by atoms with van der Waals surface area (Å²) < 4.78 is 10.1. The summed E-state index contributed by atoms with van der Waals surface area (Å²) in [6.07, 6.45) is 4.25. The molecule has 1 aliphatic carbocycles. The number of aryl methyl sites for hydroxylation is 1. The highest BCUT2D eigenvalue weighted by Gasteiger charge is 2.22. The Bertz CT molecular complexity index is 958. The quantitative estimate of drug-likeness (QED) is 0.464. The number of nitriles is 1. The molecule has 0 radical (unpaired) electrons. The van der Waals surface area contributed by atoms with Crippen LogP contribution in [0.25, 0.3) is 6.08 Å². The summed E-state index contributed by atoms with van der Waals surface area (Å²) >= 11 is 0. The van der Waals surface area contributed by atoms with Gasteiger partial charge in [0, 0.05) is 0 Å². The van der Waals surface area contributed by atoms with E-state index in [9.17, 15) is 14.9 Å². The lowest BCUT2D eigenvalue weighted by atomic mass is 9.88. The lowest BCUT2D eigenvalue weighted by Crippen LogP contribution is -2.34. The number of benzene rings is 2. The van der Waals surface area contributed by atoms with Crippen LogP contribution >= 0.6 is 0 Å². The van der Waals surface area contributed by atoms with Crippen molar-refractivity contribution in [2.75, 3.05) is 13.7 Å². The molecule has 29 heavy (non-hydrogen) atoms. The Morgan fingerprint density at radius 1 is 1.21 bits per heavy atom. The second kappa shape index (κ2) is 9.56. The molecule has 1 amide bonds. The number of nitrogens with one attached hydrogen (secondary N) is 1. The van der Waals surface area contributed by atoms with Crippen molar-refractivity contribution in [2.45, 2.75) is 25.3 Å². The van der Waals surface area contributed by atoms with Gasteiger partial charge in [0.25, 0.3) is 5.91 Å². The minimum absolute atomic E-state index is 0.0866. The zero-order valence-electron chi connectivity index (χ0n) is 16.2. The van der Waals surface area contributed by atoms with Gasteiger partial charge >= 0.3 is 5.97 Å². The van der Waals surface area contributed by atoms with Crippen LogP contribution in [-0.4, -0.2) is 25.6 Å². The summed E-state index contributed by atoms with van der Waals surface area (Å²) in [5.41, 5.74) is 2.82. The Morgan fingerprint density at radius 3 is 2.69 bits per heavy atom. The number of rotatable bonds is 6. The molecule has 0 unspecified atom stereocenters. The van der Waals surface area contributed by atoms with Gasteiger partial charge in [0.2, 0.25) is 0 Å². The van der Waals surface area contributed by atoms with E-state index >= 15 is 0 Å². The number of methoxy groups -OCH3 is 1. The molecule has 0 saturated carbocycles. The van der Waals surface area contributed by atoms with Crippen LogP contribution in [0.3, 0.4) is 0 Å². The van der Waals surface area contributed by atoms with E-state index in [2.05, 4.69) is 11.4 Å². The molecule has 0 bridgehead atoms. The van der Waals surface area contributed by atoms with Crippen molar-refractivity contribution in [1.29, 1.82) is 5.26 Å². The largest absolute Gasteiger partial charge is 0.497 e. The molecular weight excluding hydrogens is 368 g/mol. The first kappa shape index (κ1) is 20.2. The molecule has 6 heteroatoms. The standard InChI is InChI=1S/C23H22N2O4/c1-28-19-11-9-16(10-12-19)13-18(14-24)23(27)29-15-22(26)25-21-8-4-6-17-5-2-3-7-20(17)21/h2-3,5,7,9-13,21H,4,6,8,15H2,1H3,(H,25,26)/b18-13+/t21-/m1/s1. The van der Waals surface area contributed by atoms with Gasteiger partial charge < -0.3 is 14.8 Å². The lowest BCUT2D eigenvalue weighted by molar-refractivity contribution is -0.144. The lowest BCUT2D eigenvalue weighted by Gasteiger charge is -2.26. The molecule has 2 aromatic carbocycles. The van der Waals surface area contributed by atoms with Gasteiger partial charge in [-0.05, 0) is 54.2 Å². The second-order valence-electron chi connectivity index (χ2n) is 6.73. The van der Waals surface area contributed by atoms with Gasteiger partial charge in [0.15, 0.2) is 6.61 Å². The summed E-state index contributed by atoms with van der Waals surface area (Å²) in [6, 6.07) is 16.6. The number of esters is 1. The van der Waals surface area contributed by atoms with Gasteiger partial charge in [-0.1, -0.05) is 36.4 Å². The highest BCUT2D eigenvalue weighted by molar-refractivity contribution is 5.98. The van der Waals surface area contributed by atoms with Gasteiger partial charge in [-0.25, -0.2) is 4.79 Å². The fourth-order valence-electron chi connectivity index (χ4n) is 3.35. The average molecular weight is 390 g/mol. The maximum atomic E-state index is 12.3. The normalized spacial score (nSPS) is 15.6. The van der Waals surface area contributed by atoms with Crippen LogP contribution in [-0.2, 0) is 20.7 Å². The molecule has 0 heterocycles. The highest BCUT2D eigenvalue weighted by atomic mass is 16.5. The molecule has 3 rings (SSSR count). The predicted octanol–water partition coefficient (Wildman–Crippen LogP) is 3.34. The molecule has 0 fully saturated rings. The molecule has 0 aliphatic heterocycles. The average Bonchev–Trinajstić information content (AvgIpc) is 2.76. The summed E-state index contributed by atoms with van der Waals surface area (Å²) in [5, 5.41) is 12.2. The Kier molecular flexibility index (Phi) is 6.64. The van der Waals surface area contributed by atoms with Crippen LogP contribution in [0.2, 0.25) is 0 Å². The Hall–Kier alpha value is -3.59. The molecule has 148 valence electrons. The van der Waals surface area contributed by atoms with E-state index in [4.69, 9.17) is 9.47 Å². The third-order valence-corrected chi connectivity index (χ3v) is 4.81. The van der Waals surface area contributed by atoms with Crippen molar-refractivity contribution in [3.63, 3.8) is 0 Å². The number of carbonyl (C=O) groups excluding carboxylic acids is 2. The van der Waals surface area contributed by atoms with E-state index in [1.807, 2.05) is 24.3 Å². The van der Waals surface area contributed by atoms with Gasteiger partial charge in [-0.2, -0.15) is 5.26 Å². The fraction of sp³-hybridized carbons (Fsp3) is 0.261. The number of amides is 1. The van der Waals surface area contributed by atoms with Gasteiger partial charge in [-0.3, -0.25) is 4.79 Å². The zero-order valence-corrected chi connectivity index (χ0v) is 16.2. The minimum atomic E-state index is -0.831. The molecule has 0 aromatic heterocycles. The van der Waals surface area contributed by atoms with Crippen molar-refractivity contribution in [2.24, 2.45) is 0 Å².